The second kappa shape index (κ2) is 5.35. The van der Waals surface area contributed by atoms with Crippen LogP contribution in [-0.2, 0) is 17.9 Å². The smallest absolute Gasteiger partial charge is 0.358 e. The summed E-state index contributed by atoms with van der Waals surface area (Å²) >= 11 is 0. The van der Waals surface area contributed by atoms with E-state index >= 15 is 0 Å². The van der Waals surface area contributed by atoms with Crippen LogP contribution in [0.15, 0.2) is 0 Å². The second-order valence-electron chi connectivity index (χ2n) is 4.46. The molecule has 3 N–H and O–H groups in total. The van der Waals surface area contributed by atoms with Crippen LogP contribution in [0.5, 0.6) is 0 Å². The van der Waals surface area contributed by atoms with Crippen molar-refractivity contribution >= 4 is 11.9 Å². The first-order valence-electron chi connectivity index (χ1n) is 6.23. The van der Waals surface area contributed by atoms with E-state index in [0.29, 0.717) is 12.6 Å². The molecule has 0 radical (unpaired) electrons. The van der Waals surface area contributed by atoms with Crippen LogP contribution in [0.25, 0.3) is 0 Å². The Hall–Kier alpha value is -1.96. The number of carboxylic acids is 1. The Morgan fingerprint density at radius 1 is 1.53 bits per heavy atom. The summed E-state index contributed by atoms with van der Waals surface area (Å²) in [6.07, 6.45) is 2.06. The maximum Gasteiger partial charge on any atom is 0.358 e. The van der Waals surface area contributed by atoms with Gasteiger partial charge in [-0.15, -0.1) is 5.10 Å². The van der Waals surface area contributed by atoms with Crippen LogP contribution in [0.3, 0.4) is 0 Å². The monoisotopic (exact) mass is 267 g/mol. The molecule has 1 aliphatic rings. The Labute approximate surface area is 110 Å². The molecule has 1 saturated carbocycles. The maximum atomic E-state index is 12.1. The lowest BCUT2D eigenvalue weighted by molar-refractivity contribution is -0.132. The van der Waals surface area contributed by atoms with Crippen molar-refractivity contribution in [1.82, 2.24) is 19.9 Å². The van der Waals surface area contributed by atoms with Crippen LogP contribution in [-0.4, -0.2) is 49.5 Å². The van der Waals surface area contributed by atoms with Gasteiger partial charge in [-0.3, -0.25) is 4.79 Å². The van der Waals surface area contributed by atoms with Gasteiger partial charge in [-0.25, -0.2) is 9.48 Å². The molecule has 1 aliphatic carbocycles. The predicted octanol–water partition coefficient (Wildman–Crippen LogP) is -0.554. The molecule has 1 fully saturated rings. The molecular formula is C11H17N5O3. The number of nitrogens with zero attached hydrogens (tertiary/aromatic N) is 4. The van der Waals surface area contributed by atoms with Crippen LogP contribution >= 0.6 is 0 Å². The van der Waals surface area contributed by atoms with E-state index in [4.69, 9.17) is 10.8 Å². The highest BCUT2D eigenvalue weighted by Crippen LogP contribution is 2.26. The summed E-state index contributed by atoms with van der Waals surface area (Å²) in [6, 6.07) is 0.321. The Morgan fingerprint density at radius 3 is 2.68 bits per heavy atom. The lowest BCUT2D eigenvalue weighted by Gasteiger charge is -2.20. The molecule has 1 amide bonds. The van der Waals surface area contributed by atoms with Gasteiger partial charge >= 0.3 is 5.97 Å². The normalized spacial score (nSPS) is 14.4. The molecule has 1 aromatic rings. The van der Waals surface area contributed by atoms with Gasteiger partial charge in [-0.1, -0.05) is 5.21 Å². The van der Waals surface area contributed by atoms with Gasteiger partial charge in [0, 0.05) is 19.1 Å². The Balaban J connectivity index is 2.14. The number of aromatic carboxylic acids is 1. The Bertz CT molecular complexity index is 495. The van der Waals surface area contributed by atoms with Gasteiger partial charge in [-0.05, 0) is 19.8 Å². The Kier molecular flexibility index (Phi) is 3.79. The number of nitrogens with two attached hydrogens (primary N) is 1. The molecule has 0 saturated heterocycles. The minimum Gasteiger partial charge on any atom is -0.476 e. The third-order valence-electron chi connectivity index (χ3n) is 3.17. The molecular weight excluding hydrogens is 250 g/mol. The van der Waals surface area contributed by atoms with Crippen molar-refractivity contribution in [2.75, 3.05) is 6.54 Å². The van der Waals surface area contributed by atoms with E-state index in [1.807, 2.05) is 6.92 Å². The van der Waals surface area contributed by atoms with Gasteiger partial charge in [0.05, 0.1) is 5.69 Å². The fourth-order valence-corrected chi connectivity index (χ4v) is 2.07. The van der Waals surface area contributed by atoms with Crippen molar-refractivity contribution < 1.29 is 14.7 Å². The summed E-state index contributed by atoms with van der Waals surface area (Å²) in [5, 5.41) is 16.2. The molecule has 0 unspecified atom stereocenters. The predicted molar refractivity (Wildman–Crippen MR) is 65.3 cm³/mol. The molecule has 0 aromatic carbocycles. The lowest BCUT2D eigenvalue weighted by Crippen LogP contribution is -2.36. The Morgan fingerprint density at radius 2 is 2.21 bits per heavy atom. The topological polar surface area (TPSA) is 114 Å². The zero-order valence-corrected chi connectivity index (χ0v) is 10.7. The number of carbonyl (C=O) groups is 2. The average Bonchev–Trinajstić information content (AvgIpc) is 3.10. The molecule has 0 spiro atoms. The molecule has 104 valence electrons. The summed E-state index contributed by atoms with van der Waals surface area (Å²) in [7, 11) is 0. The van der Waals surface area contributed by atoms with E-state index in [0.717, 1.165) is 12.8 Å². The average molecular weight is 267 g/mol. The largest absolute Gasteiger partial charge is 0.476 e. The highest BCUT2D eigenvalue weighted by molar-refractivity contribution is 5.86. The van der Waals surface area contributed by atoms with Crippen LogP contribution in [0.2, 0.25) is 0 Å². The molecule has 8 heteroatoms. The van der Waals surface area contributed by atoms with Crippen molar-refractivity contribution in [1.29, 1.82) is 0 Å². The molecule has 0 bridgehead atoms. The summed E-state index contributed by atoms with van der Waals surface area (Å²) in [4.78, 5) is 24.8. The van der Waals surface area contributed by atoms with Gasteiger partial charge in [0.2, 0.25) is 5.91 Å². The molecule has 0 aliphatic heterocycles. The standard InChI is InChI=1S/C11H17N5O3/c1-2-15(7-3-4-7)9(17)6-16-8(5-12)10(11(18)19)13-14-16/h7H,2-6,12H2,1H3,(H,18,19). The van der Waals surface area contributed by atoms with E-state index in [1.54, 1.807) is 4.90 Å². The first-order valence-corrected chi connectivity index (χ1v) is 6.23. The number of hydrogen-bond donors (Lipinski definition) is 2. The molecule has 1 aromatic heterocycles. The molecule has 0 atom stereocenters. The number of rotatable bonds is 6. The number of carbonyl (C=O) groups excluding carboxylic acids is 1. The van der Waals surface area contributed by atoms with Gasteiger partial charge in [0.15, 0.2) is 5.69 Å². The summed E-state index contributed by atoms with van der Waals surface area (Å²) < 4.78 is 1.27. The number of amides is 1. The van der Waals surface area contributed by atoms with Gasteiger partial charge in [0.1, 0.15) is 6.54 Å². The van der Waals surface area contributed by atoms with Crippen molar-refractivity contribution in [3.05, 3.63) is 11.4 Å². The fraction of sp³-hybridized carbons (Fsp3) is 0.636. The van der Waals surface area contributed by atoms with Crippen molar-refractivity contribution in [3.63, 3.8) is 0 Å². The zero-order chi connectivity index (χ0) is 14.0. The molecule has 8 nitrogen and oxygen atoms in total. The van der Waals surface area contributed by atoms with Crippen LogP contribution < -0.4 is 5.73 Å². The van der Waals surface area contributed by atoms with Crippen LogP contribution in [0.1, 0.15) is 35.9 Å². The number of hydrogen-bond acceptors (Lipinski definition) is 5. The minimum absolute atomic E-state index is 0.0164. The highest BCUT2D eigenvalue weighted by Gasteiger charge is 2.32. The van der Waals surface area contributed by atoms with Gasteiger partial charge in [0.25, 0.3) is 0 Å². The van der Waals surface area contributed by atoms with Crippen molar-refractivity contribution in [3.8, 4) is 0 Å². The maximum absolute atomic E-state index is 12.1. The third-order valence-corrected chi connectivity index (χ3v) is 3.17. The fourth-order valence-electron chi connectivity index (χ4n) is 2.07. The van der Waals surface area contributed by atoms with E-state index < -0.39 is 5.97 Å². The quantitative estimate of drug-likeness (QED) is 0.714. The van der Waals surface area contributed by atoms with E-state index in [1.165, 1.54) is 4.68 Å². The van der Waals surface area contributed by atoms with Crippen molar-refractivity contribution in [2.45, 2.75) is 38.9 Å². The summed E-state index contributed by atoms with van der Waals surface area (Å²) in [5.74, 6) is -1.27. The van der Waals surface area contributed by atoms with E-state index in [9.17, 15) is 9.59 Å². The lowest BCUT2D eigenvalue weighted by atomic mass is 10.3. The summed E-state index contributed by atoms with van der Waals surface area (Å²) in [5.41, 5.74) is 5.58. The highest BCUT2D eigenvalue weighted by atomic mass is 16.4. The van der Waals surface area contributed by atoms with Crippen LogP contribution in [0.4, 0.5) is 0 Å². The van der Waals surface area contributed by atoms with E-state index in [2.05, 4.69) is 10.3 Å². The first kappa shape index (κ1) is 13.5. The summed E-state index contributed by atoms with van der Waals surface area (Å²) in [6.45, 7) is 2.53. The van der Waals surface area contributed by atoms with Gasteiger partial charge < -0.3 is 15.7 Å². The van der Waals surface area contributed by atoms with Gasteiger partial charge in [-0.2, -0.15) is 0 Å². The number of carboxylic acid groups (broad SMARTS) is 1. The SMILES string of the molecule is CCN(C(=O)Cn1nnc(C(=O)O)c1CN)C1CC1. The minimum atomic E-state index is -1.19. The van der Waals surface area contributed by atoms with E-state index in [-0.39, 0.29) is 30.4 Å². The third kappa shape index (κ3) is 2.73. The first-order chi connectivity index (χ1) is 9.08. The molecule has 19 heavy (non-hydrogen) atoms. The molecule has 2 rings (SSSR count). The number of likely N-dealkylation sites (N-methyl/N-ethyl adjacent to an activating group) is 1. The van der Waals surface area contributed by atoms with Crippen LogP contribution in [0, 0.1) is 0 Å². The molecule has 1 heterocycles. The zero-order valence-electron chi connectivity index (χ0n) is 10.7. The second-order valence-corrected chi connectivity index (χ2v) is 4.46. The number of aromatic nitrogens is 3. The van der Waals surface area contributed by atoms with Crippen molar-refractivity contribution in [2.24, 2.45) is 5.73 Å².